The molecular weight excluding hydrogens is 861 g/mol. The number of fused-ring (bicyclic) bond motifs is 2. The van der Waals surface area contributed by atoms with Gasteiger partial charge in [-0.25, -0.2) is 0 Å². The summed E-state index contributed by atoms with van der Waals surface area (Å²) < 4.78 is 68.7. The molecule has 4 aliphatic rings. The van der Waals surface area contributed by atoms with Crippen molar-refractivity contribution in [2.45, 2.75) is 13.1 Å². The van der Waals surface area contributed by atoms with Gasteiger partial charge >= 0.3 is 0 Å². The number of nitrogens with zero attached hydrogens (tertiary/aromatic N) is 2. The summed E-state index contributed by atoms with van der Waals surface area (Å²) in [6.45, 7) is 7.14. The Bertz CT molecular complexity index is 2110. The lowest BCUT2D eigenvalue weighted by molar-refractivity contribution is -0.00842. The first-order valence-electron chi connectivity index (χ1n) is 22.2. The van der Waals surface area contributed by atoms with Crippen molar-refractivity contribution in [2.24, 2.45) is 0 Å². The Hall–Kier alpha value is -5.70. The lowest BCUT2D eigenvalue weighted by Gasteiger charge is -2.32. The summed E-state index contributed by atoms with van der Waals surface area (Å²) in [5.74, 6) is -0.500. The molecule has 0 N–H and O–H groups in total. The molecule has 0 saturated heterocycles. The first-order valence-corrected chi connectivity index (χ1v) is 22.2. The second-order valence-electron chi connectivity index (χ2n) is 15.3. The van der Waals surface area contributed by atoms with Crippen molar-refractivity contribution < 1.29 is 76.0 Å². The summed E-state index contributed by atoms with van der Waals surface area (Å²) in [6.07, 6.45) is 0. The van der Waals surface area contributed by atoms with E-state index in [1.54, 1.807) is 60.7 Å². The Morgan fingerprint density at radius 2 is 0.545 bits per heavy atom. The van der Waals surface area contributed by atoms with Gasteiger partial charge in [0.1, 0.15) is 26.4 Å². The molecule has 4 aromatic rings. The SMILES string of the molecule is O=C1c2ccc3c4c(ccc(c24)C(=O)N1Cc1ccc2c(c1)OCCOCCOCCOCCOCCO2)C(=O)N(Cc1ccc2c(c1)OCCOCCOCCOCCOCCO2)C3=O. The fourth-order valence-corrected chi connectivity index (χ4v) is 7.76. The molecular formula is C48H54N2O16. The molecule has 0 spiro atoms. The second kappa shape index (κ2) is 23.7. The van der Waals surface area contributed by atoms with E-state index in [1.165, 1.54) is 0 Å². The van der Waals surface area contributed by atoms with Crippen LogP contribution >= 0.6 is 0 Å². The molecule has 0 saturated carbocycles. The van der Waals surface area contributed by atoms with Gasteiger partial charge in [-0.1, -0.05) is 12.1 Å². The minimum Gasteiger partial charge on any atom is -0.487 e. The number of carbonyl (C=O) groups excluding carboxylic acids is 4. The van der Waals surface area contributed by atoms with Crippen LogP contribution in [-0.2, 0) is 51.0 Å². The summed E-state index contributed by atoms with van der Waals surface area (Å²) >= 11 is 0. The summed E-state index contributed by atoms with van der Waals surface area (Å²) in [5.41, 5.74) is 2.04. The molecule has 4 heterocycles. The maximum absolute atomic E-state index is 14.2. The number of amides is 4. The molecule has 4 aromatic carbocycles. The van der Waals surface area contributed by atoms with Crippen molar-refractivity contribution in [3.05, 3.63) is 94.0 Å². The molecule has 0 unspecified atom stereocenters. The van der Waals surface area contributed by atoms with Gasteiger partial charge in [-0.3, -0.25) is 29.0 Å². The Morgan fingerprint density at radius 3 is 0.818 bits per heavy atom. The van der Waals surface area contributed by atoms with E-state index in [0.717, 1.165) is 9.80 Å². The van der Waals surface area contributed by atoms with Crippen molar-refractivity contribution >= 4 is 34.4 Å². The number of ether oxygens (including phenoxy) is 12. The van der Waals surface area contributed by atoms with Crippen LogP contribution in [0.15, 0.2) is 60.7 Å². The number of benzene rings is 4. The van der Waals surface area contributed by atoms with Crippen molar-refractivity contribution in [2.75, 3.05) is 132 Å². The molecule has 4 aliphatic heterocycles. The van der Waals surface area contributed by atoms with E-state index in [9.17, 15) is 19.2 Å². The predicted octanol–water partition coefficient (Wildman–Crippen LogP) is 4.11. The highest BCUT2D eigenvalue weighted by Crippen LogP contribution is 2.39. The van der Waals surface area contributed by atoms with Crippen LogP contribution in [0.5, 0.6) is 23.0 Å². The van der Waals surface area contributed by atoms with Gasteiger partial charge in [0.25, 0.3) is 23.6 Å². The predicted molar refractivity (Wildman–Crippen MR) is 234 cm³/mol. The zero-order valence-electron chi connectivity index (χ0n) is 36.8. The molecule has 0 atom stereocenters. The van der Waals surface area contributed by atoms with E-state index >= 15 is 0 Å². The van der Waals surface area contributed by atoms with Crippen molar-refractivity contribution in [3.63, 3.8) is 0 Å². The maximum atomic E-state index is 14.2. The number of carbonyl (C=O) groups is 4. The Kier molecular flexibility index (Phi) is 16.8. The van der Waals surface area contributed by atoms with Crippen LogP contribution in [-0.4, -0.2) is 166 Å². The number of rotatable bonds is 4. The van der Waals surface area contributed by atoms with Gasteiger partial charge in [0, 0.05) is 33.0 Å². The molecule has 0 aromatic heterocycles. The van der Waals surface area contributed by atoms with Crippen LogP contribution in [0.3, 0.4) is 0 Å². The molecule has 352 valence electrons. The first-order chi connectivity index (χ1) is 32.5. The summed E-state index contributed by atoms with van der Waals surface area (Å²) in [7, 11) is 0. The monoisotopic (exact) mass is 914 g/mol. The topological polar surface area (TPSA) is 186 Å². The van der Waals surface area contributed by atoms with Crippen LogP contribution in [0.2, 0.25) is 0 Å². The fourth-order valence-electron chi connectivity index (χ4n) is 7.76. The van der Waals surface area contributed by atoms with Gasteiger partial charge in [-0.05, 0) is 59.7 Å². The third kappa shape index (κ3) is 11.6. The molecule has 66 heavy (non-hydrogen) atoms. The van der Waals surface area contributed by atoms with E-state index in [2.05, 4.69) is 0 Å². The van der Waals surface area contributed by atoms with E-state index in [1.807, 2.05) is 0 Å². The van der Waals surface area contributed by atoms with Crippen LogP contribution in [0.1, 0.15) is 52.6 Å². The van der Waals surface area contributed by atoms with Gasteiger partial charge in [-0.2, -0.15) is 0 Å². The lowest BCUT2D eigenvalue weighted by atomic mass is 9.85. The highest BCUT2D eigenvalue weighted by atomic mass is 16.6. The molecule has 0 bridgehead atoms. The van der Waals surface area contributed by atoms with Gasteiger partial charge in [-0.15, -0.1) is 0 Å². The van der Waals surface area contributed by atoms with Gasteiger partial charge in [0.15, 0.2) is 23.0 Å². The zero-order valence-corrected chi connectivity index (χ0v) is 36.8. The highest BCUT2D eigenvalue weighted by Gasteiger charge is 2.40. The van der Waals surface area contributed by atoms with Gasteiger partial charge in [0.05, 0.1) is 119 Å². The van der Waals surface area contributed by atoms with Crippen LogP contribution in [0.25, 0.3) is 10.8 Å². The van der Waals surface area contributed by atoms with Gasteiger partial charge in [0.2, 0.25) is 0 Å². The first kappa shape index (κ1) is 46.8. The Labute approximate surface area is 381 Å². The molecule has 0 aliphatic carbocycles. The average molecular weight is 915 g/mol. The zero-order chi connectivity index (χ0) is 45.5. The number of imide groups is 2. The molecule has 18 nitrogen and oxygen atoms in total. The van der Waals surface area contributed by atoms with Crippen LogP contribution in [0, 0.1) is 0 Å². The van der Waals surface area contributed by atoms with E-state index in [0.29, 0.717) is 140 Å². The minimum absolute atomic E-state index is 0.0813. The molecule has 0 radical (unpaired) electrons. The van der Waals surface area contributed by atoms with Crippen molar-refractivity contribution in [1.82, 2.24) is 9.80 Å². The molecule has 0 fully saturated rings. The third-order valence-corrected chi connectivity index (χ3v) is 10.9. The minimum atomic E-state index is -0.561. The quantitative estimate of drug-likeness (QED) is 0.266. The molecule has 4 amide bonds. The van der Waals surface area contributed by atoms with Gasteiger partial charge < -0.3 is 56.8 Å². The fraction of sp³-hybridized carbons (Fsp3) is 0.458. The van der Waals surface area contributed by atoms with E-state index in [-0.39, 0.29) is 72.5 Å². The summed E-state index contributed by atoms with van der Waals surface area (Å²) in [6, 6.07) is 16.6. The van der Waals surface area contributed by atoms with Crippen molar-refractivity contribution in [3.8, 4) is 23.0 Å². The average Bonchev–Trinajstić information content (AvgIpc) is 3.32. The second-order valence-corrected chi connectivity index (χ2v) is 15.3. The maximum Gasteiger partial charge on any atom is 0.261 e. The van der Waals surface area contributed by atoms with Crippen molar-refractivity contribution in [1.29, 1.82) is 0 Å². The molecule has 8 rings (SSSR count). The van der Waals surface area contributed by atoms with Crippen LogP contribution < -0.4 is 18.9 Å². The standard InChI is InChI=1S/C48H54N2O16/c51-45-35-3-5-37-44-38(48(54)50(47(37)53)32-34-2-8-40-42(30-34)66-28-24-62-20-16-58-12-10-56-14-18-60-22-26-64-40)6-4-36(43(35)44)46(52)49(45)31-33-1-7-39-41(29-33)65-27-23-61-19-15-57-11-9-55-13-17-59-21-25-63-39/h1-8,29-30H,9-28,31-32H2. The number of hydrogen-bond acceptors (Lipinski definition) is 16. The third-order valence-electron chi connectivity index (χ3n) is 10.9. The van der Waals surface area contributed by atoms with E-state index < -0.39 is 23.6 Å². The van der Waals surface area contributed by atoms with Crippen LogP contribution in [0.4, 0.5) is 0 Å². The Morgan fingerprint density at radius 1 is 0.303 bits per heavy atom. The normalized spacial score (nSPS) is 19.4. The summed E-state index contributed by atoms with van der Waals surface area (Å²) in [5, 5.41) is 0.547. The molecule has 18 heteroatoms. The largest absolute Gasteiger partial charge is 0.487 e. The lowest BCUT2D eigenvalue weighted by Crippen LogP contribution is -2.42. The summed E-state index contributed by atoms with van der Waals surface area (Å²) in [4.78, 5) is 59.2. The van der Waals surface area contributed by atoms with E-state index in [4.69, 9.17) is 56.8 Å². The smallest absolute Gasteiger partial charge is 0.261 e. The Balaban J connectivity index is 0.969. The highest BCUT2D eigenvalue weighted by molar-refractivity contribution is 6.33. The number of hydrogen-bond donors (Lipinski definition) is 0.